The fraction of sp³-hybridized carbons (Fsp3) is 0.333. The quantitative estimate of drug-likeness (QED) is 0.721. The van der Waals surface area contributed by atoms with Crippen molar-refractivity contribution in [1.29, 1.82) is 0 Å². The highest BCUT2D eigenvalue weighted by Gasteiger charge is 2.10. The summed E-state index contributed by atoms with van der Waals surface area (Å²) < 4.78 is 0. The van der Waals surface area contributed by atoms with E-state index >= 15 is 0 Å². The lowest BCUT2D eigenvalue weighted by Gasteiger charge is -2.15. The van der Waals surface area contributed by atoms with Crippen LogP contribution in [0.5, 0.6) is 0 Å². The van der Waals surface area contributed by atoms with Gasteiger partial charge in [-0.3, -0.25) is 0 Å². The molecule has 0 aromatic heterocycles. The molecule has 1 unspecified atom stereocenters. The van der Waals surface area contributed by atoms with Gasteiger partial charge in [0.15, 0.2) is 0 Å². The van der Waals surface area contributed by atoms with Gasteiger partial charge in [0.05, 0.1) is 0 Å². The van der Waals surface area contributed by atoms with Gasteiger partial charge < -0.3 is 0 Å². The van der Waals surface area contributed by atoms with Crippen LogP contribution in [0, 0.1) is 0 Å². The molecular formula is C15H18S. The zero-order chi connectivity index (χ0) is 11.5. The van der Waals surface area contributed by atoms with E-state index in [1.807, 2.05) is 0 Å². The number of benzene rings is 2. The van der Waals surface area contributed by atoms with Crippen LogP contribution in [0.15, 0.2) is 36.4 Å². The van der Waals surface area contributed by atoms with Gasteiger partial charge in [-0.15, -0.1) is 0 Å². The molecule has 0 saturated carbocycles. The van der Waals surface area contributed by atoms with Crippen molar-refractivity contribution in [2.24, 2.45) is 0 Å². The molecule has 0 bridgehead atoms. The van der Waals surface area contributed by atoms with E-state index < -0.39 is 0 Å². The lowest BCUT2D eigenvalue weighted by molar-refractivity contribution is 0.901. The van der Waals surface area contributed by atoms with Crippen molar-refractivity contribution in [3.05, 3.63) is 47.5 Å². The molecule has 0 aliphatic heterocycles. The van der Waals surface area contributed by atoms with E-state index in [4.69, 9.17) is 0 Å². The maximum atomic E-state index is 4.63. The molecule has 2 aromatic carbocycles. The Labute approximate surface area is 103 Å². The summed E-state index contributed by atoms with van der Waals surface area (Å²) >= 11 is 4.63. The third-order valence-corrected chi connectivity index (χ3v) is 3.26. The first-order valence-corrected chi connectivity index (χ1v) is 6.44. The summed E-state index contributed by atoms with van der Waals surface area (Å²) in [6.45, 7) is 4.38. The first-order chi connectivity index (χ1) is 7.74. The van der Waals surface area contributed by atoms with Crippen LogP contribution in [0.2, 0.25) is 0 Å². The second-order valence-corrected chi connectivity index (χ2v) is 5.06. The Morgan fingerprint density at radius 3 is 2.56 bits per heavy atom. The molecular weight excluding hydrogens is 212 g/mol. The number of rotatable bonds is 3. The van der Waals surface area contributed by atoms with Crippen LogP contribution in [-0.2, 0) is 6.42 Å². The Hall–Kier alpha value is -0.950. The fourth-order valence-corrected chi connectivity index (χ4v) is 2.63. The third-order valence-electron chi connectivity index (χ3n) is 3.00. The van der Waals surface area contributed by atoms with Gasteiger partial charge in [-0.2, -0.15) is 12.6 Å². The van der Waals surface area contributed by atoms with Crippen LogP contribution in [0.4, 0.5) is 0 Å². The highest BCUT2D eigenvalue weighted by Crippen LogP contribution is 2.31. The van der Waals surface area contributed by atoms with E-state index in [1.165, 1.54) is 28.3 Å². The van der Waals surface area contributed by atoms with Crippen LogP contribution in [0.1, 0.15) is 36.6 Å². The smallest absolute Gasteiger partial charge is 0.0247 e. The molecule has 2 aromatic rings. The highest BCUT2D eigenvalue weighted by molar-refractivity contribution is 7.80. The van der Waals surface area contributed by atoms with E-state index in [-0.39, 0.29) is 0 Å². The Morgan fingerprint density at radius 1 is 1.12 bits per heavy atom. The molecule has 0 heterocycles. The highest BCUT2D eigenvalue weighted by atomic mass is 32.1. The SMILES string of the molecule is CCCc1ccc2ccccc2c1C(C)S. The first kappa shape index (κ1) is 11.5. The van der Waals surface area contributed by atoms with Gasteiger partial charge in [-0.1, -0.05) is 49.7 Å². The van der Waals surface area contributed by atoms with Gasteiger partial charge in [0, 0.05) is 5.25 Å². The maximum absolute atomic E-state index is 4.63. The second kappa shape index (κ2) is 4.92. The molecule has 1 heteroatoms. The van der Waals surface area contributed by atoms with E-state index in [1.54, 1.807) is 0 Å². The van der Waals surface area contributed by atoms with Gasteiger partial charge in [0.1, 0.15) is 0 Å². The normalized spacial score (nSPS) is 12.9. The first-order valence-electron chi connectivity index (χ1n) is 5.92. The van der Waals surface area contributed by atoms with Gasteiger partial charge in [-0.05, 0) is 35.2 Å². The van der Waals surface area contributed by atoms with Gasteiger partial charge in [0.25, 0.3) is 0 Å². The van der Waals surface area contributed by atoms with Crippen LogP contribution < -0.4 is 0 Å². The number of hydrogen-bond donors (Lipinski definition) is 1. The standard InChI is InChI=1S/C15H18S/c1-3-6-13-10-9-12-7-4-5-8-14(12)15(13)11(2)16/h4-5,7-11,16H,3,6H2,1-2H3. The van der Waals surface area contributed by atoms with Crippen molar-refractivity contribution >= 4 is 23.4 Å². The van der Waals surface area contributed by atoms with E-state index in [2.05, 4.69) is 62.9 Å². The van der Waals surface area contributed by atoms with Crippen molar-refractivity contribution in [2.75, 3.05) is 0 Å². The Bertz CT molecular complexity index is 486. The molecule has 84 valence electrons. The molecule has 0 aliphatic rings. The topological polar surface area (TPSA) is 0 Å². The van der Waals surface area contributed by atoms with Crippen LogP contribution in [0.3, 0.4) is 0 Å². The van der Waals surface area contributed by atoms with Crippen molar-refractivity contribution in [1.82, 2.24) is 0 Å². The average Bonchev–Trinajstić information content (AvgIpc) is 2.28. The van der Waals surface area contributed by atoms with Gasteiger partial charge >= 0.3 is 0 Å². The summed E-state index contributed by atoms with van der Waals surface area (Å²) in [5, 5.41) is 2.97. The molecule has 0 radical (unpaired) electrons. The summed E-state index contributed by atoms with van der Waals surface area (Å²) in [4.78, 5) is 0. The minimum Gasteiger partial charge on any atom is -0.171 e. The van der Waals surface area contributed by atoms with Gasteiger partial charge in [0.2, 0.25) is 0 Å². The van der Waals surface area contributed by atoms with Crippen molar-refractivity contribution in [3.8, 4) is 0 Å². The molecule has 0 spiro atoms. The molecule has 16 heavy (non-hydrogen) atoms. The number of aryl methyl sites for hydroxylation is 1. The predicted octanol–water partition coefficient (Wildman–Crippen LogP) is 4.78. The van der Waals surface area contributed by atoms with Crippen molar-refractivity contribution in [2.45, 2.75) is 31.9 Å². The van der Waals surface area contributed by atoms with Crippen LogP contribution in [0.25, 0.3) is 10.8 Å². The minimum atomic E-state index is 0.299. The zero-order valence-corrected chi connectivity index (χ0v) is 10.8. The molecule has 0 nitrogen and oxygen atoms in total. The Morgan fingerprint density at radius 2 is 1.88 bits per heavy atom. The maximum Gasteiger partial charge on any atom is 0.0247 e. The van der Waals surface area contributed by atoms with Crippen molar-refractivity contribution in [3.63, 3.8) is 0 Å². The zero-order valence-electron chi connectivity index (χ0n) is 9.90. The molecule has 0 aliphatic carbocycles. The number of thiol groups is 1. The third kappa shape index (κ3) is 2.10. The van der Waals surface area contributed by atoms with Gasteiger partial charge in [-0.25, -0.2) is 0 Å². The molecule has 0 N–H and O–H groups in total. The fourth-order valence-electron chi connectivity index (χ4n) is 2.32. The van der Waals surface area contributed by atoms with E-state index in [0.29, 0.717) is 5.25 Å². The molecule has 1 atom stereocenters. The lowest BCUT2D eigenvalue weighted by atomic mass is 9.94. The summed E-state index contributed by atoms with van der Waals surface area (Å²) in [5.41, 5.74) is 2.85. The average molecular weight is 230 g/mol. The molecule has 0 fully saturated rings. The lowest BCUT2D eigenvalue weighted by Crippen LogP contribution is -1.96. The number of hydrogen-bond acceptors (Lipinski definition) is 1. The predicted molar refractivity (Wildman–Crippen MR) is 75.3 cm³/mol. The Kier molecular flexibility index (Phi) is 3.55. The summed E-state index contributed by atoms with van der Waals surface area (Å²) in [6.07, 6.45) is 2.33. The molecule has 0 saturated heterocycles. The second-order valence-electron chi connectivity index (χ2n) is 4.29. The summed E-state index contributed by atoms with van der Waals surface area (Å²) in [5.74, 6) is 0. The van der Waals surface area contributed by atoms with E-state index in [0.717, 1.165) is 6.42 Å². The molecule has 0 amide bonds. The monoisotopic (exact) mass is 230 g/mol. The minimum absolute atomic E-state index is 0.299. The van der Waals surface area contributed by atoms with E-state index in [9.17, 15) is 0 Å². The van der Waals surface area contributed by atoms with Crippen molar-refractivity contribution < 1.29 is 0 Å². The summed E-state index contributed by atoms with van der Waals surface area (Å²) in [7, 11) is 0. The largest absolute Gasteiger partial charge is 0.171 e. The number of fused-ring (bicyclic) bond motifs is 1. The van der Waals surface area contributed by atoms with Crippen LogP contribution >= 0.6 is 12.6 Å². The Balaban J connectivity index is 2.69. The van der Waals surface area contributed by atoms with Crippen LogP contribution in [-0.4, -0.2) is 0 Å². The molecule has 2 rings (SSSR count). The summed E-state index contributed by atoms with van der Waals surface area (Å²) in [6, 6.07) is 13.1.